The van der Waals surface area contributed by atoms with Crippen molar-refractivity contribution in [2.45, 2.75) is 26.2 Å². The van der Waals surface area contributed by atoms with Crippen LogP contribution in [-0.4, -0.2) is 11.1 Å². The Labute approximate surface area is 66.9 Å². The van der Waals surface area contributed by atoms with Gasteiger partial charge < -0.3 is 5.11 Å². The third-order valence-corrected chi connectivity index (χ3v) is 2.84. The molecule has 0 aliphatic heterocycles. The van der Waals surface area contributed by atoms with E-state index in [0.29, 0.717) is 5.92 Å². The van der Waals surface area contributed by atoms with Crippen LogP contribution < -0.4 is 0 Å². The van der Waals surface area contributed by atoms with Gasteiger partial charge in [-0.05, 0) is 25.7 Å². The van der Waals surface area contributed by atoms with Crippen molar-refractivity contribution in [1.29, 1.82) is 0 Å². The van der Waals surface area contributed by atoms with Gasteiger partial charge in [-0.15, -0.1) is 6.58 Å². The number of carboxylic acids is 1. The van der Waals surface area contributed by atoms with Crippen molar-refractivity contribution in [2.75, 3.05) is 0 Å². The zero-order valence-electron chi connectivity index (χ0n) is 6.84. The van der Waals surface area contributed by atoms with Crippen molar-refractivity contribution in [1.82, 2.24) is 0 Å². The molecule has 0 aromatic heterocycles. The first-order valence-corrected chi connectivity index (χ1v) is 3.98. The molecule has 1 fully saturated rings. The number of carboxylic acid groups (broad SMARTS) is 1. The van der Waals surface area contributed by atoms with Crippen LogP contribution in [0.5, 0.6) is 0 Å². The predicted octanol–water partition coefficient (Wildman–Crippen LogP) is 2.06. The van der Waals surface area contributed by atoms with Gasteiger partial charge in [-0.3, -0.25) is 4.79 Å². The maximum absolute atomic E-state index is 10.8. The van der Waals surface area contributed by atoms with Gasteiger partial charge >= 0.3 is 5.97 Å². The summed E-state index contributed by atoms with van der Waals surface area (Å²) in [5.74, 6) is -0.422. The van der Waals surface area contributed by atoms with Crippen molar-refractivity contribution in [3.8, 4) is 0 Å². The predicted molar refractivity (Wildman–Crippen MR) is 43.3 cm³/mol. The minimum Gasteiger partial charge on any atom is -0.481 e. The topological polar surface area (TPSA) is 37.3 Å². The monoisotopic (exact) mass is 154 g/mol. The van der Waals surface area contributed by atoms with Crippen LogP contribution in [0.4, 0.5) is 0 Å². The average Bonchev–Trinajstić information content (AvgIpc) is 1.83. The summed E-state index contributed by atoms with van der Waals surface area (Å²) in [6, 6.07) is 0. The van der Waals surface area contributed by atoms with Gasteiger partial charge in [0.15, 0.2) is 0 Å². The SMILES string of the molecule is C=CC(C)(C(=O)O)C1CCC1. The molecule has 2 nitrogen and oxygen atoms in total. The molecule has 0 aromatic rings. The van der Waals surface area contributed by atoms with Crippen LogP contribution in [0.15, 0.2) is 12.7 Å². The Kier molecular flexibility index (Phi) is 2.03. The second kappa shape index (κ2) is 2.68. The van der Waals surface area contributed by atoms with Crippen LogP contribution in [0.3, 0.4) is 0 Å². The molecule has 1 N–H and O–H groups in total. The Morgan fingerprint density at radius 1 is 1.73 bits per heavy atom. The summed E-state index contributed by atoms with van der Waals surface area (Å²) in [6.45, 7) is 5.33. The van der Waals surface area contributed by atoms with Gasteiger partial charge in [0, 0.05) is 0 Å². The molecule has 0 radical (unpaired) electrons. The number of rotatable bonds is 3. The van der Waals surface area contributed by atoms with Crippen molar-refractivity contribution in [3.05, 3.63) is 12.7 Å². The molecule has 62 valence electrons. The lowest BCUT2D eigenvalue weighted by Crippen LogP contribution is -2.37. The molecule has 0 amide bonds. The Morgan fingerprint density at radius 3 is 2.36 bits per heavy atom. The quantitative estimate of drug-likeness (QED) is 0.632. The van der Waals surface area contributed by atoms with Gasteiger partial charge in [0.2, 0.25) is 0 Å². The molecule has 2 heteroatoms. The first-order valence-electron chi connectivity index (χ1n) is 3.98. The number of hydrogen-bond acceptors (Lipinski definition) is 1. The largest absolute Gasteiger partial charge is 0.481 e. The van der Waals surface area contributed by atoms with Gasteiger partial charge in [-0.1, -0.05) is 12.5 Å². The molecule has 0 saturated heterocycles. The first-order chi connectivity index (χ1) is 5.11. The van der Waals surface area contributed by atoms with E-state index in [4.69, 9.17) is 5.11 Å². The standard InChI is InChI=1S/C9H14O2/c1-3-9(2,8(10)11)7-5-4-6-7/h3,7H,1,4-6H2,2H3,(H,10,11). The molecule has 1 aliphatic carbocycles. The fraction of sp³-hybridized carbons (Fsp3) is 0.667. The highest BCUT2D eigenvalue weighted by molar-refractivity contribution is 5.77. The first kappa shape index (κ1) is 8.31. The van der Waals surface area contributed by atoms with Crippen molar-refractivity contribution < 1.29 is 9.90 Å². The van der Waals surface area contributed by atoms with Crippen LogP contribution in [-0.2, 0) is 4.79 Å². The van der Waals surface area contributed by atoms with Gasteiger partial charge in [-0.25, -0.2) is 0 Å². The Balaban J connectivity index is 2.72. The Morgan fingerprint density at radius 2 is 2.27 bits per heavy atom. The summed E-state index contributed by atoms with van der Waals surface area (Å²) in [6.07, 6.45) is 4.81. The highest BCUT2D eigenvalue weighted by atomic mass is 16.4. The van der Waals surface area contributed by atoms with Crippen LogP contribution in [0, 0.1) is 11.3 Å². The Bertz CT molecular complexity index is 182. The molecule has 0 bridgehead atoms. The van der Waals surface area contributed by atoms with E-state index < -0.39 is 11.4 Å². The Hall–Kier alpha value is -0.790. The molecule has 1 unspecified atom stereocenters. The fourth-order valence-corrected chi connectivity index (χ4v) is 1.44. The third-order valence-electron chi connectivity index (χ3n) is 2.84. The van der Waals surface area contributed by atoms with Crippen LogP contribution >= 0.6 is 0 Å². The van der Waals surface area contributed by atoms with Crippen LogP contribution in [0.2, 0.25) is 0 Å². The molecule has 0 aromatic carbocycles. The summed E-state index contributed by atoms with van der Waals surface area (Å²) in [7, 11) is 0. The summed E-state index contributed by atoms with van der Waals surface area (Å²) in [5.41, 5.74) is -0.682. The second-order valence-corrected chi connectivity index (χ2v) is 3.42. The maximum atomic E-state index is 10.8. The van der Waals surface area contributed by atoms with Crippen molar-refractivity contribution >= 4 is 5.97 Å². The molecule has 1 atom stereocenters. The maximum Gasteiger partial charge on any atom is 0.313 e. The molecular weight excluding hydrogens is 140 g/mol. The highest BCUT2D eigenvalue weighted by Gasteiger charge is 2.41. The lowest BCUT2D eigenvalue weighted by Gasteiger charge is -2.37. The van der Waals surface area contributed by atoms with E-state index in [0.717, 1.165) is 12.8 Å². The summed E-state index contributed by atoms with van der Waals surface area (Å²) in [4.78, 5) is 10.8. The zero-order chi connectivity index (χ0) is 8.48. The van der Waals surface area contributed by atoms with E-state index in [1.54, 1.807) is 13.0 Å². The van der Waals surface area contributed by atoms with Crippen LogP contribution in [0.1, 0.15) is 26.2 Å². The van der Waals surface area contributed by atoms with E-state index in [1.165, 1.54) is 6.42 Å². The molecular formula is C9H14O2. The van der Waals surface area contributed by atoms with Gasteiger partial charge in [0.25, 0.3) is 0 Å². The summed E-state index contributed by atoms with van der Waals surface area (Å²) < 4.78 is 0. The van der Waals surface area contributed by atoms with E-state index in [2.05, 4.69) is 6.58 Å². The molecule has 11 heavy (non-hydrogen) atoms. The smallest absolute Gasteiger partial charge is 0.313 e. The molecule has 0 spiro atoms. The van der Waals surface area contributed by atoms with E-state index >= 15 is 0 Å². The van der Waals surface area contributed by atoms with E-state index in [1.807, 2.05) is 0 Å². The third kappa shape index (κ3) is 1.17. The lowest BCUT2D eigenvalue weighted by molar-refractivity contribution is -0.149. The number of hydrogen-bond donors (Lipinski definition) is 1. The number of carbonyl (C=O) groups is 1. The van der Waals surface area contributed by atoms with Gasteiger partial charge in [0.05, 0.1) is 5.41 Å². The molecule has 1 saturated carbocycles. The summed E-state index contributed by atoms with van der Waals surface area (Å²) in [5, 5.41) is 8.90. The highest BCUT2D eigenvalue weighted by Crippen LogP contribution is 2.42. The minimum absolute atomic E-state index is 0.317. The molecule has 1 aliphatic rings. The van der Waals surface area contributed by atoms with Gasteiger partial charge in [0.1, 0.15) is 0 Å². The summed E-state index contributed by atoms with van der Waals surface area (Å²) >= 11 is 0. The second-order valence-electron chi connectivity index (χ2n) is 3.42. The average molecular weight is 154 g/mol. The minimum atomic E-state index is -0.739. The zero-order valence-corrected chi connectivity index (χ0v) is 6.84. The van der Waals surface area contributed by atoms with E-state index in [-0.39, 0.29) is 0 Å². The normalized spacial score (nSPS) is 23.4. The van der Waals surface area contributed by atoms with Crippen molar-refractivity contribution in [3.63, 3.8) is 0 Å². The fourth-order valence-electron chi connectivity index (χ4n) is 1.44. The lowest BCUT2D eigenvalue weighted by atomic mass is 9.66. The molecule has 0 heterocycles. The van der Waals surface area contributed by atoms with E-state index in [9.17, 15) is 4.79 Å². The van der Waals surface area contributed by atoms with Gasteiger partial charge in [-0.2, -0.15) is 0 Å². The molecule has 1 rings (SSSR count). The number of aliphatic carboxylic acids is 1. The van der Waals surface area contributed by atoms with Crippen LogP contribution in [0.25, 0.3) is 0 Å². The van der Waals surface area contributed by atoms with Crippen molar-refractivity contribution in [2.24, 2.45) is 11.3 Å².